The van der Waals surface area contributed by atoms with Gasteiger partial charge in [0.2, 0.25) is 0 Å². The zero-order valence-corrected chi connectivity index (χ0v) is 16.7. The van der Waals surface area contributed by atoms with Crippen LogP contribution in [0.4, 0.5) is 5.82 Å². The van der Waals surface area contributed by atoms with E-state index in [-0.39, 0.29) is 0 Å². The fraction of sp³-hybridized carbons (Fsp3) is 0.286. The van der Waals surface area contributed by atoms with Crippen molar-refractivity contribution < 1.29 is 0 Å². The minimum absolute atomic E-state index is 0.683. The van der Waals surface area contributed by atoms with E-state index in [1.54, 1.807) is 0 Å². The van der Waals surface area contributed by atoms with Crippen LogP contribution in [0.15, 0.2) is 53.0 Å². The summed E-state index contributed by atoms with van der Waals surface area (Å²) in [6.07, 6.45) is 2.49. The Labute approximate surface area is 166 Å². The molecule has 0 aliphatic carbocycles. The van der Waals surface area contributed by atoms with E-state index in [1.807, 2.05) is 28.8 Å². The highest BCUT2D eigenvalue weighted by atomic mass is 79.9. The SMILES string of the molecule is C[C@H]1CCCN(c2nc3c(-c4cccc(Br)c4)nnn3c3ccccc23)C1. The summed E-state index contributed by atoms with van der Waals surface area (Å²) in [4.78, 5) is 7.50. The van der Waals surface area contributed by atoms with Gasteiger partial charge in [-0.15, -0.1) is 5.10 Å². The van der Waals surface area contributed by atoms with Crippen LogP contribution in [-0.2, 0) is 0 Å². The van der Waals surface area contributed by atoms with Gasteiger partial charge in [-0.05, 0) is 43.0 Å². The molecule has 4 aromatic rings. The van der Waals surface area contributed by atoms with Crippen LogP contribution in [0.5, 0.6) is 0 Å². The molecule has 1 atom stereocenters. The lowest BCUT2D eigenvalue weighted by molar-refractivity contribution is 0.445. The molecule has 1 aliphatic heterocycles. The average Bonchev–Trinajstić information content (AvgIpc) is 3.11. The van der Waals surface area contributed by atoms with Crippen molar-refractivity contribution in [3.8, 4) is 11.3 Å². The summed E-state index contributed by atoms with van der Waals surface area (Å²) in [5, 5.41) is 10.0. The summed E-state index contributed by atoms with van der Waals surface area (Å²) in [5.74, 6) is 1.73. The van der Waals surface area contributed by atoms with E-state index in [9.17, 15) is 0 Å². The smallest absolute Gasteiger partial charge is 0.186 e. The molecule has 5 nitrogen and oxygen atoms in total. The average molecular weight is 422 g/mol. The number of rotatable bonds is 2. The predicted molar refractivity (Wildman–Crippen MR) is 112 cm³/mol. The van der Waals surface area contributed by atoms with E-state index < -0.39 is 0 Å². The number of nitrogens with zero attached hydrogens (tertiary/aromatic N) is 5. The zero-order valence-electron chi connectivity index (χ0n) is 15.1. The van der Waals surface area contributed by atoms with Crippen LogP contribution < -0.4 is 4.90 Å². The number of benzene rings is 2. The Bertz CT molecular complexity index is 1140. The number of aromatic nitrogens is 4. The third-order valence-electron chi connectivity index (χ3n) is 5.29. The van der Waals surface area contributed by atoms with Crippen LogP contribution in [0.25, 0.3) is 27.8 Å². The first-order chi connectivity index (χ1) is 13.2. The fourth-order valence-corrected chi connectivity index (χ4v) is 4.39. The van der Waals surface area contributed by atoms with Crippen LogP contribution in [0.3, 0.4) is 0 Å². The van der Waals surface area contributed by atoms with Crippen LogP contribution in [0.1, 0.15) is 19.8 Å². The van der Waals surface area contributed by atoms with Gasteiger partial charge in [0.05, 0.1) is 5.52 Å². The molecule has 0 radical (unpaired) electrons. The molecular weight excluding hydrogens is 402 g/mol. The minimum Gasteiger partial charge on any atom is -0.356 e. The summed E-state index contributed by atoms with van der Waals surface area (Å²) >= 11 is 3.55. The van der Waals surface area contributed by atoms with Gasteiger partial charge in [-0.3, -0.25) is 0 Å². The van der Waals surface area contributed by atoms with Gasteiger partial charge in [0, 0.05) is 28.5 Å². The van der Waals surface area contributed by atoms with Crippen molar-refractivity contribution in [2.75, 3.05) is 18.0 Å². The first kappa shape index (κ1) is 16.7. The fourth-order valence-electron chi connectivity index (χ4n) is 3.99. The Hall–Kier alpha value is -2.47. The Morgan fingerprint density at radius 2 is 2.00 bits per heavy atom. The number of fused-ring (bicyclic) bond motifs is 3. The molecule has 27 heavy (non-hydrogen) atoms. The number of anilines is 1. The lowest BCUT2D eigenvalue weighted by Gasteiger charge is -2.32. The Balaban J connectivity index is 1.77. The van der Waals surface area contributed by atoms with E-state index >= 15 is 0 Å². The second kappa shape index (κ2) is 6.60. The molecule has 6 heteroatoms. The van der Waals surface area contributed by atoms with Crippen LogP contribution in [0.2, 0.25) is 0 Å². The van der Waals surface area contributed by atoms with Crippen molar-refractivity contribution in [1.82, 2.24) is 19.8 Å². The van der Waals surface area contributed by atoms with Gasteiger partial charge in [-0.25, -0.2) is 4.98 Å². The summed E-state index contributed by atoms with van der Waals surface area (Å²) in [7, 11) is 0. The summed E-state index contributed by atoms with van der Waals surface area (Å²) in [5.41, 5.74) is 3.68. The highest BCUT2D eigenvalue weighted by Gasteiger charge is 2.22. The van der Waals surface area contributed by atoms with Gasteiger partial charge >= 0.3 is 0 Å². The van der Waals surface area contributed by atoms with E-state index in [0.29, 0.717) is 5.92 Å². The van der Waals surface area contributed by atoms with Crippen molar-refractivity contribution >= 4 is 38.3 Å². The van der Waals surface area contributed by atoms with Crippen molar-refractivity contribution in [2.24, 2.45) is 5.92 Å². The molecule has 0 spiro atoms. The predicted octanol–water partition coefficient (Wildman–Crippen LogP) is 4.94. The standard InChI is InChI=1S/C21H20BrN5/c1-14-6-5-11-26(13-14)20-17-9-2-3-10-18(17)27-21(23-20)19(24-25-27)15-7-4-8-16(22)12-15/h2-4,7-10,12,14H,5-6,11,13H2,1H3/t14-/m0/s1. The Kier molecular flexibility index (Phi) is 4.08. The van der Waals surface area contributed by atoms with Crippen molar-refractivity contribution in [1.29, 1.82) is 0 Å². The maximum Gasteiger partial charge on any atom is 0.186 e. The van der Waals surface area contributed by atoms with Gasteiger partial charge < -0.3 is 4.90 Å². The molecule has 136 valence electrons. The molecule has 0 amide bonds. The van der Waals surface area contributed by atoms with Gasteiger partial charge in [-0.2, -0.15) is 4.52 Å². The largest absolute Gasteiger partial charge is 0.356 e. The lowest BCUT2D eigenvalue weighted by Crippen LogP contribution is -2.35. The third-order valence-corrected chi connectivity index (χ3v) is 5.78. The molecule has 0 saturated carbocycles. The summed E-state index contributed by atoms with van der Waals surface area (Å²) in [6.45, 7) is 4.41. The lowest BCUT2D eigenvalue weighted by atomic mass is 10.00. The van der Waals surface area contributed by atoms with E-state index in [0.717, 1.165) is 51.2 Å². The molecule has 0 unspecified atom stereocenters. The van der Waals surface area contributed by atoms with E-state index in [1.165, 1.54) is 12.8 Å². The molecule has 0 N–H and O–H groups in total. The van der Waals surface area contributed by atoms with Crippen molar-refractivity contribution in [2.45, 2.75) is 19.8 Å². The normalized spacial score (nSPS) is 17.7. The van der Waals surface area contributed by atoms with Crippen LogP contribution in [0, 0.1) is 5.92 Å². The molecule has 2 aromatic carbocycles. The van der Waals surface area contributed by atoms with Gasteiger partial charge in [0.15, 0.2) is 5.65 Å². The Morgan fingerprint density at radius 1 is 1.11 bits per heavy atom. The first-order valence-electron chi connectivity index (χ1n) is 9.36. The molecule has 1 fully saturated rings. The van der Waals surface area contributed by atoms with Crippen LogP contribution >= 0.6 is 15.9 Å². The third kappa shape index (κ3) is 2.88. The molecule has 5 rings (SSSR count). The maximum atomic E-state index is 5.08. The molecular formula is C21H20BrN5. The zero-order chi connectivity index (χ0) is 18.4. The van der Waals surface area contributed by atoms with Crippen molar-refractivity contribution in [3.63, 3.8) is 0 Å². The second-order valence-corrected chi connectivity index (χ2v) is 8.25. The summed E-state index contributed by atoms with van der Waals surface area (Å²) < 4.78 is 2.88. The first-order valence-corrected chi connectivity index (χ1v) is 10.1. The monoisotopic (exact) mass is 421 g/mol. The van der Waals surface area contributed by atoms with Gasteiger partial charge in [0.1, 0.15) is 11.5 Å². The van der Waals surface area contributed by atoms with Crippen LogP contribution in [-0.4, -0.2) is 32.9 Å². The molecule has 0 bridgehead atoms. The number of piperidine rings is 1. The molecule has 1 aliphatic rings. The van der Waals surface area contributed by atoms with Gasteiger partial charge in [-0.1, -0.05) is 52.3 Å². The Morgan fingerprint density at radius 3 is 2.85 bits per heavy atom. The number of hydrogen-bond donors (Lipinski definition) is 0. The molecule has 3 heterocycles. The molecule has 1 saturated heterocycles. The number of para-hydroxylation sites is 1. The minimum atomic E-state index is 0.683. The maximum absolute atomic E-state index is 5.08. The second-order valence-electron chi connectivity index (χ2n) is 7.33. The summed E-state index contributed by atoms with van der Waals surface area (Å²) in [6, 6.07) is 16.5. The quantitative estimate of drug-likeness (QED) is 0.459. The number of halogens is 1. The number of hydrogen-bond acceptors (Lipinski definition) is 4. The highest BCUT2D eigenvalue weighted by molar-refractivity contribution is 9.10. The topological polar surface area (TPSA) is 46.3 Å². The highest BCUT2D eigenvalue weighted by Crippen LogP contribution is 2.32. The van der Waals surface area contributed by atoms with E-state index in [4.69, 9.17) is 4.98 Å². The molecule has 2 aromatic heterocycles. The van der Waals surface area contributed by atoms with Crippen molar-refractivity contribution in [3.05, 3.63) is 53.0 Å². The van der Waals surface area contributed by atoms with E-state index in [2.05, 4.69) is 62.3 Å². The van der Waals surface area contributed by atoms with Gasteiger partial charge in [0.25, 0.3) is 0 Å².